The molecule has 0 bridgehead atoms. The third-order valence-electron chi connectivity index (χ3n) is 1.90. The first kappa shape index (κ1) is 12.4. The second-order valence-corrected chi connectivity index (χ2v) is 2.97. The fourth-order valence-corrected chi connectivity index (χ4v) is 1.23. The number of nitro benzene ring substituents is 1. The van der Waals surface area contributed by atoms with E-state index in [2.05, 4.69) is 0 Å². The summed E-state index contributed by atoms with van der Waals surface area (Å²) < 4.78 is 0. The van der Waals surface area contributed by atoms with E-state index in [1.165, 1.54) is 6.07 Å². The van der Waals surface area contributed by atoms with Crippen LogP contribution in [0.4, 0.5) is 5.69 Å². The van der Waals surface area contributed by atoms with Crippen molar-refractivity contribution < 1.29 is 24.7 Å². The molecule has 7 nitrogen and oxygen atoms in total. The van der Waals surface area contributed by atoms with E-state index < -0.39 is 22.5 Å². The molecule has 0 radical (unpaired) electrons. The molecule has 0 heterocycles. The molecule has 0 aromatic heterocycles. The van der Waals surface area contributed by atoms with Crippen molar-refractivity contribution in [1.82, 2.24) is 0 Å². The van der Waals surface area contributed by atoms with E-state index in [0.717, 1.165) is 18.2 Å². The number of nitro groups is 1. The maximum absolute atomic E-state index is 10.8. The van der Waals surface area contributed by atoms with Gasteiger partial charge in [0, 0.05) is 12.1 Å². The number of rotatable bonds is 4. The van der Waals surface area contributed by atoms with Crippen LogP contribution in [0, 0.1) is 10.1 Å². The lowest BCUT2D eigenvalue weighted by molar-refractivity contribution is -0.385. The molecule has 88 valence electrons. The molecule has 1 aromatic rings. The van der Waals surface area contributed by atoms with Gasteiger partial charge in [0.25, 0.3) is 5.69 Å². The summed E-state index contributed by atoms with van der Waals surface area (Å²) in [6.07, 6.45) is 1.54. The van der Waals surface area contributed by atoms with Crippen LogP contribution in [0.5, 0.6) is 0 Å². The van der Waals surface area contributed by atoms with Crippen LogP contribution in [0.25, 0.3) is 6.08 Å². The van der Waals surface area contributed by atoms with E-state index in [1.807, 2.05) is 0 Å². The van der Waals surface area contributed by atoms with Gasteiger partial charge < -0.3 is 10.2 Å². The van der Waals surface area contributed by atoms with Crippen LogP contribution in [-0.2, 0) is 4.79 Å². The van der Waals surface area contributed by atoms with E-state index in [0.29, 0.717) is 6.08 Å². The molecular formula is C10H7NO6. The van der Waals surface area contributed by atoms with Crippen LogP contribution in [0.15, 0.2) is 24.3 Å². The number of benzene rings is 1. The Morgan fingerprint density at radius 1 is 1.29 bits per heavy atom. The Bertz CT molecular complexity index is 487. The van der Waals surface area contributed by atoms with Gasteiger partial charge in [-0.2, -0.15) is 0 Å². The molecule has 0 amide bonds. The molecule has 1 rings (SSSR count). The lowest BCUT2D eigenvalue weighted by Gasteiger charge is -2.01. The molecule has 0 aliphatic carbocycles. The minimum Gasteiger partial charge on any atom is -0.478 e. The Kier molecular flexibility index (Phi) is 3.55. The summed E-state index contributed by atoms with van der Waals surface area (Å²) in [6.45, 7) is 0. The Morgan fingerprint density at radius 2 is 1.94 bits per heavy atom. The standard InChI is InChI=1S/C10H7NO6/c12-9(13)5-4-6-7(10(14)15)2-1-3-8(6)11(16)17/h1-5H,(H,12,13)(H,14,15)/b5-4+. The SMILES string of the molecule is O=C(O)/C=C/c1c(C(=O)O)cccc1[N+](=O)[O-]. The van der Waals surface area contributed by atoms with Gasteiger partial charge in [-0.3, -0.25) is 10.1 Å². The van der Waals surface area contributed by atoms with Crippen molar-refractivity contribution in [3.63, 3.8) is 0 Å². The molecular weight excluding hydrogens is 230 g/mol. The average Bonchev–Trinajstić information content (AvgIpc) is 2.25. The molecule has 0 saturated heterocycles. The largest absolute Gasteiger partial charge is 0.478 e. The molecule has 1 aromatic carbocycles. The highest BCUT2D eigenvalue weighted by Crippen LogP contribution is 2.23. The third-order valence-corrected chi connectivity index (χ3v) is 1.90. The van der Waals surface area contributed by atoms with Gasteiger partial charge >= 0.3 is 11.9 Å². The molecule has 0 saturated carbocycles. The quantitative estimate of drug-likeness (QED) is 0.464. The first-order valence-electron chi connectivity index (χ1n) is 4.35. The molecule has 0 spiro atoms. The summed E-state index contributed by atoms with van der Waals surface area (Å²) in [5.41, 5.74) is -1.02. The van der Waals surface area contributed by atoms with Crippen molar-refractivity contribution in [3.8, 4) is 0 Å². The highest BCUT2D eigenvalue weighted by molar-refractivity contribution is 5.96. The number of aliphatic carboxylic acids is 1. The predicted molar refractivity (Wildman–Crippen MR) is 56.7 cm³/mol. The summed E-state index contributed by atoms with van der Waals surface area (Å²) in [4.78, 5) is 31.1. The van der Waals surface area contributed by atoms with E-state index in [9.17, 15) is 19.7 Å². The van der Waals surface area contributed by atoms with Crippen molar-refractivity contribution in [3.05, 3.63) is 45.5 Å². The normalized spacial score (nSPS) is 10.4. The van der Waals surface area contributed by atoms with Crippen molar-refractivity contribution in [2.75, 3.05) is 0 Å². The monoisotopic (exact) mass is 237 g/mol. The number of carboxylic acid groups (broad SMARTS) is 2. The summed E-state index contributed by atoms with van der Waals surface area (Å²) in [5.74, 6) is -2.68. The topological polar surface area (TPSA) is 118 Å². The number of hydrogen-bond donors (Lipinski definition) is 2. The van der Waals surface area contributed by atoms with Crippen molar-refractivity contribution in [2.24, 2.45) is 0 Å². The smallest absolute Gasteiger partial charge is 0.336 e. The van der Waals surface area contributed by atoms with Gasteiger partial charge in [0.15, 0.2) is 0 Å². The number of aromatic carboxylic acids is 1. The van der Waals surface area contributed by atoms with Crippen molar-refractivity contribution in [1.29, 1.82) is 0 Å². The van der Waals surface area contributed by atoms with Gasteiger partial charge in [-0.05, 0) is 12.1 Å². The number of carbonyl (C=O) groups is 2. The molecule has 0 unspecified atom stereocenters. The van der Waals surface area contributed by atoms with E-state index in [1.54, 1.807) is 0 Å². The zero-order chi connectivity index (χ0) is 13.0. The first-order valence-corrected chi connectivity index (χ1v) is 4.35. The van der Waals surface area contributed by atoms with Crippen LogP contribution >= 0.6 is 0 Å². The lowest BCUT2D eigenvalue weighted by Crippen LogP contribution is -2.03. The highest BCUT2D eigenvalue weighted by Gasteiger charge is 2.19. The second-order valence-electron chi connectivity index (χ2n) is 2.97. The van der Waals surface area contributed by atoms with E-state index in [-0.39, 0.29) is 11.1 Å². The molecule has 0 aliphatic heterocycles. The van der Waals surface area contributed by atoms with Crippen LogP contribution in [0.1, 0.15) is 15.9 Å². The summed E-state index contributed by atoms with van der Waals surface area (Å²) in [6, 6.07) is 3.49. The van der Waals surface area contributed by atoms with Gasteiger partial charge in [-0.15, -0.1) is 0 Å². The maximum atomic E-state index is 10.8. The van der Waals surface area contributed by atoms with Crippen molar-refractivity contribution in [2.45, 2.75) is 0 Å². The fourth-order valence-electron chi connectivity index (χ4n) is 1.23. The van der Waals surface area contributed by atoms with Gasteiger partial charge in [0.2, 0.25) is 0 Å². The summed E-state index contributed by atoms with van der Waals surface area (Å²) in [5, 5.41) is 27.9. The summed E-state index contributed by atoms with van der Waals surface area (Å²) >= 11 is 0. The van der Waals surface area contributed by atoms with Crippen molar-refractivity contribution >= 4 is 23.7 Å². The highest BCUT2D eigenvalue weighted by atomic mass is 16.6. The fraction of sp³-hybridized carbons (Fsp3) is 0. The summed E-state index contributed by atoms with van der Waals surface area (Å²) in [7, 11) is 0. The van der Waals surface area contributed by atoms with Crippen LogP contribution < -0.4 is 0 Å². The van der Waals surface area contributed by atoms with E-state index >= 15 is 0 Å². The van der Waals surface area contributed by atoms with E-state index in [4.69, 9.17) is 10.2 Å². The lowest BCUT2D eigenvalue weighted by atomic mass is 10.0. The molecule has 2 N–H and O–H groups in total. The molecule has 7 heteroatoms. The zero-order valence-electron chi connectivity index (χ0n) is 8.36. The number of nitrogens with zero attached hydrogens (tertiary/aromatic N) is 1. The average molecular weight is 237 g/mol. The minimum atomic E-state index is -1.36. The second kappa shape index (κ2) is 4.88. The number of hydrogen-bond acceptors (Lipinski definition) is 4. The van der Waals surface area contributed by atoms with Crippen LogP contribution in [0.2, 0.25) is 0 Å². The Hall–Kier alpha value is -2.70. The third kappa shape index (κ3) is 2.88. The minimum absolute atomic E-state index is 0.243. The molecule has 0 atom stereocenters. The van der Waals surface area contributed by atoms with Crippen LogP contribution in [-0.4, -0.2) is 27.1 Å². The van der Waals surface area contributed by atoms with Gasteiger partial charge in [-0.25, -0.2) is 9.59 Å². The predicted octanol–water partition coefficient (Wildman–Crippen LogP) is 1.39. The molecule has 17 heavy (non-hydrogen) atoms. The maximum Gasteiger partial charge on any atom is 0.336 e. The van der Waals surface area contributed by atoms with Crippen LogP contribution in [0.3, 0.4) is 0 Å². The Balaban J connectivity index is 3.43. The van der Waals surface area contributed by atoms with Gasteiger partial charge in [-0.1, -0.05) is 6.07 Å². The Morgan fingerprint density at radius 3 is 2.41 bits per heavy atom. The number of carboxylic acids is 2. The Labute approximate surface area is 94.8 Å². The van der Waals surface area contributed by atoms with Gasteiger partial charge in [0.05, 0.1) is 16.1 Å². The zero-order valence-corrected chi connectivity index (χ0v) is 8.36. The molecule has 0 fully saturated rings. The van der Waals surface area contributed by atoms with Gasteiger partial charge in [0.1, 0.15) is 0 Å². The molecule has 0 aliphatic rings. The first-order chi connectivity index (χ1) is 7.93.